The number of nitrogens with two attached hydrogens (primary N) is 1. The van der Waals surface area contributed by atoms with Crippen LogP contribution in [-0.4, -0.2) is 23.3 Å². The highest BCUT2D eigenvalue weighted by molar-refractivity contribution is 7.99. The fourth-order valence-corrected chi connectivity index (χ4v) is 0.746. The highest BCUT2D eigenvalue weighted by Crippen LogP contribution is 2.06. The zero-order valence-corrected chi connectivity index (χ0v) is 7.64. The second-order valence-corrected chi connectivity index (χ2v) is 3.20. The van der Waals surface area contributed by atoms with Crippen molar-refractivity contribution in [1.29, 1.82) is 0 Å². The lowest BCUT2D eigenvalue weighted by atomic mass is 10.3. The van der Waals surface area contributed by atoms with Gasteiger partial charge in [-0.05, 0) is 20.1 Å². The van der Waals surface area contributed by atoms with E-state index in [9.17, 15) is 4.79 Å². The molecule has 0 aliphatic carbocycles. The molecule has 0 saturated heterocycles. The minimum atomic E-state index is -0.877. The summed E-state index contributed by atoms with van der Waals surface area (Å²) in [6.45, 7) is 3.75. The first-order valence-electron chi connectivity index (χ1n) is 3.11. The van der Waals surface area contributed by atoms with Crippen molar-refractivity contribution in [3.05, 3.63) is 0 Å². The molecule has 0 bridgehead atoms. The standard InChI is InChI=1S/C6H12N2O2S/c1-4(5(2)11-3)8-10-6(7)9/h5H,1-3H3,(H2,7,9)/b8-4+. The third kappa shape index (κ3) is 4.66. The van der Waals surface area contributed by atoms with Crippen LogP contribution < -0.4 is 5.73 Å². The Morgan fingerprint density at radius 1 is 1.73 bits per heavy atom. The quantitative estimate of drug-likeness (QED) is 0.399. The molecule has 64 valence electrons. The first-order valence-corrected chi connectivity index (χ1v) is 4.40. The monoisotopic (exact) mass is 176 g/mol. The molecule has 2 N–H and O–H groups in total. The van der Waals surface area contributed by atoms with E-state index < -0.39 is 6.09 Å². The van der Waals surface area contributed by atoms with Gasteiger partial charge in [-0.25, -0.2) is 4.79 Å². The van der Waals surface area contributed by atoms with Crippen molar-refractivity contribution < 1.29 is 9.63 Å². The summed E-state index contributed by atoms with van der Waals surface area (Å²) in [5.74, 6) is 0. The smallest absolute Gasteiger partial charge is 0.333 e. The van der Waals surface area contributed by atoms with Crippen molar-refractivity contribution in [3.63, 3.8) is 0 Å². The highest BCUT2D eigenvalue weighted by atomic mass is 32.2. The number of carbonyl (C=O) groups is 1. The molecule has 0 heterocycles. The lowest BCUT2D eigenvalue weighted by molar-refractivity contribution is 0.161. The Kier molecular flexibility index (Phi) is 4.69. The molecule has 0 aliphatic rings. The van der Waals surface area contributed by atoms with Crippen molar-refractivity contribution in [2.24, 2.45) is 10.9 Å². The molecule has 0 spiro atoms. The molecule has 0 aromatic rings. The van der Waals surface area contributed by atoms with Gasteiger partial charge in [0.25, 0.3) is 0 Å². The van der Waals surface area contributed by atoms with Gasteiger partial charge in [-0.2, -0.15) is 11.8 Å². The Morgan fingerprint density at radius 3 is 2.64 bits per heavy atom. The van der Waals surface area contributed by atoms with Crippen LogP contribution in [0.4, 0.5) is 4.79 Å². The molecule has 0 radical (unpaired) electrons. The predicted molar refractivity (Wildman–Crippen MR) is 46.8 cm³/mol. The van der Waals surface area contributed by atoms with Crippen LogP contribution >= 0.6 is 11.8 Å². The Morgan fingerprint density at radius 2 is 2.27 bits per heavy atom. The predicted octanol–water partition coefficient (Wildman–Crippen LogP) is 1.21. The molecule has 11 heavy (non-hydrogen) atoms. The summed E-state index contributed by atoms with van der Waals surface area (Å²) < 4.78 is 0. The second-order valence-electron chi connectivity index (χ2n) is 2.02. The number of rotatable bonds is 3. The number of carbonyl (C=O) groups excluding carboxylic acids is 1. The maximum Gasteiger partial charge on any atom is 0.430 e. The zero-order chi connectivity index (χ0) is 8.85. The minimum Gasteiger partial charge on any atom is -0.333 e. The van der Waals surface area contributed by atoms with E-state index in [1.54, 1.807) is 18.7 Å². The fourth-order valence-electron chi connectivity index (χ4n) is 0.362. The van der Waals surface area contributed by atoms with E-state index in [1.807, 2.05) is 13.2 Å². The van der Waals surface area contributed by atoms with Crippen LogP contribution in [0.3, 0.4) is 0 Å². The summed E-state index contributed by atoms with van der Waals surface area (Å²) >= 11 is 1.62. The summed E-state index contributed by atoms with van der Waals surface area (Å²) in [5.41, 5.74) is 5.45. The summed E-state index contributed by atoms with van der Waals surface area (Å²) in [4.78, 5) is 14.3. The van der Waals surface area contributed by atoms with E-state index in [0.717, 1.165) is 5.71 Å². The molecule has 0 aliphatic heterocycles. The van der Waals surface area contributed by atoms with Crippen LogP contribution in [0.2, 0.25) is 0 Å². The normalized spacial score (nSPS) is 14.3. The number of hydrogen-bond donors (Lipinski definition) is 1. The largest absolute Gasteiger partial charge is 0.430 e. The van der Waals surface area contributed by atoms with Gasteiger partial charge >= 0.3 is 6.09 Å². The van der Waals surface area contributed by atoms with Crippen LogP contribution in [0.1, 0.15) is 13.8 Å². The number of oxime groups is 1. The van der Waals surface area contributed by atoms with Crippen LogP contribution in [0.25, 0.3) is 0 Å². The first-order chi connectivity index (χ1) is 5.07. The lowest BCUT2D eigenvalue weighted by Crippen LogP contribution is -2.14. The highest BCUT2D eigenvalue weighted by Gasteiger charge is 2.03. The zero-order valence-electron chi connectivity index (χ0n) is 6.83. The molecular formula is C6H12N2O2S. The van der Waals surface area contributed by atoms with Crippen molar-refractivity contribution >= 4 is 23.6 Å². The summed E-state index contributed by atoms with van der Waals surface area (Å²) in [5, 5.41) is 3.76. The molecule has 1 amide bonds. The Bertz CT molecular complexity index is 170. The Balaban J connectivity index is 3.89. The molecule has 4 nitrogen and oxygen atoms in total. The van der Waals surface area contributed by atoms with Crippen LogP contribution in [0.5, 0.6) is 0 Å². The Hall–Kier alpha value is -0.710. The molecule has 0 fully saturated rings. The number of thioether (sulfide) groups is 1. The van der Waals surface area contributed by atoms with E-state index in [-0.39, 0.29) is 5.25 Å². The minimum absolute atomic E-state index is 0.245. The average Bonchev–Trinajstić information content (AvgIpc) is 1.98. The molecule has 1 atom stereocenters. The maximum atomic E-state index is 10.1. The Labute approximate surface area is 70.2 Å². The van der Waals surface area contributed by atoms with E-state index in [0.29, 0.717) is 0 Å². The van der Waals surface area contributed by atoms with E-state index in [1.165, 1.54) is 0 Å². The maximum absolute atomic E-state index is 10.1. The topological polar surface area (TPSA) is 64.7 Å². The summed E-state index contributed by atoms with van der Waals surface area (Å²) in [7, 11) is 0. The third-order valence-corrected chi connectivity index (χ3v) is 2.27. The van der Waals surface area contributed by atoms with Gasteiger partial charge in [-0.1, -0.05) is 5.16 Å². The number of primary amides is 1. The number of amides is 1. The van der Waals surface area contributed by atoms with E-state index in [4.69, 9.17) is 5.73 Å². The molecule has 1 unspecified atom stereocenters. The average molecular weight is 176 g/mol. The summed E-state index contributed by atoms with van der Waals surface area (Å²) in [6.07, 6.45) is 1.08. The second kappa shape index (κ2) is 5.01. The first kappa shape index (κ1) is 10.3. The van der Waals surface area contributed by atoms with Gasteiger partial charge in [0.1, 0.15) is 0 Å². The molecule has 0 aromatic carbocycles. The van der Waals surface area contributed by atoms with Crippen LogP contribution in [0, 0.1) is 0 Å². The van der Waals surface area contributed by atoms with Gasteiger partial charge in [0.05, 0.1) is 5.71 Å². The van der Waals surface area contributed by atoms with Crippen molar-refractivity contribution in [3.8, 4) is 0 Å². The van der Waals surface area contributed by atoms with Gasteiger partial charge in [-0.15, -0.1) is 0 Å². The van der Waals surface area contributed by atoms with E-state index >= 15 is 0 Å². The number of hydrogen-bond acceptors (Lipinski definition) is 4. The van der Waals surface area contributed by atoms with Crippen LogP contribution in [0.15, 0.2) is 5.16 Å². The SMILES string of the molecule is CSC(C)/C(C)=N/OC(N)=O. The van der Waals surface area contributed by atoms with Gasteiger partial charge in [0.15, 0.2) is 0 Å². The summed E-state index contributed by atoms with van der Waals surface area (Å²) in [6, 6.07) is 0. The van der Waals surface area contributed by atoms with Gasteiger partial charge in [-0.3, -0.25) is 4.84 Å². The molecular weight excluding hydrogens is 164 g/mol. The van der Waals surface area contributed by atoms with Gasteiger partial charge in [0, 0.05) is 5.25 Å². The lowest BCUT2D eigenvalue weighted by Gasteiger charge is -2.04. The van der Waals surface area contributed by atoms with E-state index in [2.05, 4.69) is 9.99 Å². The van der Waals surface area contributed by atoms with Gasteiger partial charge < -0.3 is 5.73 Å². The molecule has 0 rings (SSSR count). The third-order valence-electron chi connectivity index (χ3n) is 1.22. The molecule has 0 saturated carbocycles. The van der Waals surface area contributed by atoms with Gasteiger partial charge in [0.2, 0.25) is 0 Å². The molecule has 5 heteroatoms. The molecule has 0 aromatic heterocycles. The fraction of sp³-hybridized carbons (Fsp3) is 0.667. The van der Waals surface area contributed by atoms with Crippen molar-refractivity contribution in [2.45, 2.75) is 19.1 Å². The van der Waals surface area contributed by atoms with Crippen molar-refractivity contribution in [1.82, 2.24) is 0 Å². The number of nitrogens with zero attached hydrogens (tertiary/aromatic N) is 1. The van der Waals surface area contributed by atoms with Crippen molar-refractivity contribution in [2.75, 3.05) is 6.26 Å². The van der Waals surface area contributed by atoms with Crippen LogP contribution in [-0.2, 0) is 4.84 Å².